The van der Waals surface area contributed by atoms with E-state index in [4.69, 9.17) is 5.73 Å². The van der Waals surface area contributed by atoms with Gasteiger partial charge in [-0.3, -0.25) is 9.59 Å². The van der Waals surface area contributed by atoms with Gasteiger partial charge in [0.05, 0.1) is 11.3 Å². The number of fused-ring (bicyclic) bond motifs is 2. The number of nitrogens with zero attached hydrogens (tertiary/aromatic N) is 1. The molecule has 1 fully saturated rings. The van der Waals surface area contributed by atoms with Crippen molar-refractivity contribution >= 4 is 33.4 Å². The topological polar surface area (TPSA) is 75.4 Å². The predicted molar refractivity (Wildman–Crippen MR) is 74.8 cm³/mol. The van der Waals surface area contributed by atoms with Gasteiger partial charge in [0, 0.05) is 17.1 Å². The average molecular weight is 324 g/mol. The van der Waals surface area contributed by atoms with Crippen LogP contribution in [-0.4, -0.2) is 35.3 Å². The second kappa shape index (κ2) is 4.61. The molecule has 19 heavy (non-hydrogen) atoms. The van der Waals surface area contributed by atoms with E-state index in [0.717, 1.165) is 10.9 Å². The molecule has 0 aliphatic carbocycles. The third-order valence-electron chi connectivity index (χ3n) is 3.68. The minimum Gasteiger partial charge on any atom is -0.328 e. The number of carbonyl (C=O) groups excluding carboxylic acids is 2. The second-order valence-electron chi connectivity index (χ2n) is 4.98. The molecule has 0 bridgehead atoms. The van der Waals surface area contributed by atoms with Crippen LogP contribution in [0.15, 0.2) is 22.7 Å². The molecule has 3 N–H and O–H groups in total. The number of nitrogens with two attached hydrogens (primary N) is 1. The third kappa shape index (κ3) is 2.15. The molecule has 0 spiro atoms. The van der Waals surface area contributed by atoms with Gasteiger partial charge in [0.2, 0.25) is 5.91 Å². The van der Waals surface area contributed by atoms with E-state index in [2.05, 4.69) is 21.2 Å². The Labute approximate surface area is 119 Å². The first-order valence-corrected chi connectivity index (χ1v) is 7.02. The zero-order valence-electron chi connectivity index (χ0n) is 10.2. The Balaban J connectivity index is 2.05. The van der Waals surface area contributed by atoms with E-state index < -0.39 is 6.04 Å². The van der Waals surface area contributed by atoms with Crippen LogP contribution < -0.4 is 11.1 Å². The SMILES string of the molecule is N[C@H]1CCN2C(=O)c3cc(Br)ccc3NC(=O)[C@@H]2C1. The Bertz CT molecular complexity index is 561. The molecule has 2 aliphatic rings. The highest BCUT2D eigenvalue weighted by molar-refractivity contribution is 9.10. The van der Waals surface area contributed by atoms with Crippen LogP contribution in [0.3, 0.4) is 0 Å². The van der Waals surface area contributed by atoms with Gasteiger partial charge in [-0.15, -0.1) is 0 Å². The van der Waals surface area contributed by atoms with E-state index in [9.17, 15) is 9.59 Å². The van der Waals surface area contributed by atoms with Gasteiger partial charge in [-0.25, -0.2) is 0 Å². The zero-order chi connectivity index (χ0) is 13.6. The summed E-state index contributed by atoms with van der Waals surface area (Å²) in [5, 5.41) is 2.82. The molecule has 0 saturated carbocycles. The Morgan fingerprint density at radius 3 is 2.95 bits per heavy atom. The lowest BCUT2D eigenvalue weighted by Gasteiger charge is -2.35. The summed E-state index contributed by atoms with van der Waals surface area (Å²) in [6.45, 7) is 0.532. The first kappa shape index (κ1) is 12.6. The summed E-state index contributed by atoms with van der Waals surface area (Å²) in [7, 11) is 0. The van der Waals surface area contributed by atoms with Crippen LogP contribution >= 0.6 is 15.9 Å². The van der Waals surface area contributed by atoms with E-state index >= 15 is 0 Å². The van der Waals surface area contributed by atoms with E-state index in [-0.39, 0.29) is 17.9 Å². The minimum absolute atomic E-state index is 0.0206. The van der Waals surface area contributed by atoms with Crippen LogP contribution in [0.1, 0.15) is 23.2 Å². The lowest BCUT2D eigenvalue weighted by Crippen LogP contribution is -2.53. The van der Waals surface area contributed by atoms with Gasteiger partial charge in [-0.1, -0.05) is 15.9 Å². The molecule has 0 radical (unpaired) electrons. The molecule has 6 heteroatoms. The highest BCUT2D eigenvalue weighted by atomic mass is 79.9. The Morgan fingerprint density at radius 2 is 2.16 bits per heavy atom. The normalized spacial score (nSPS) is 26.3. The summed E-state index contributed by atoms with van der Waals surface area (Å²) in [6, 6.07) is 4.82. The van der Waals surface area contributed by atoms with Crippen molar-refractivity contribution in [3.8, 4) is 0 Å². The standard InChI is InChI=1S/C13H14BrN3O2/c14-7-1-2-10-9(5-7)13(19)17-4-3-8(15)6-11(17)12(18)16-10/h1-2,5,8,11H,3-4,6,15H2,(H,16,18)/t8-,11-/m0/s1. The second-order valence-corrected chi connectivity index (χ2v) is 5.89. The van der Waals surface area contributed by atoms with Crippen LogP contribution in [-0.2, 0) is 4.79 Å². The number of anilines is 1. The van der Waals surface area contributed by atoms with Crippen molar-refractivity contribution in [2.75, 3.05) is 11.9 Å². The molecule has 1 aromatic carbocycles. The number of amides is 2. The molecule has 100 valence electrons. The largest absolute Gasteiger partial charge is 0.328 e. The molecule has 2 aliphatic heterocycles. The fraction of sp³-hybridized carbons (Fsp3) is 0.385. The molecule has 1 saturated heterocycles. The lowest BCUT2D eigenvalue weighted by molar-refractivity contribution is -0.121. The monoisotopic (exact) mass is 323 g/mol. The molecule has 1 aromatic rings. The van der Waals surface area contributed by atoms with E-state index in [1.54, 1.807) is 17.0 Å². The highest BCUT2D eigenvalue weighted by Gasteiger charge is 2.38. The summed E-state index contributed by atoms with van der Waals surface area (Å²) in [4.78, 5) is 26.4. The van der Waals surface area contributed by atoms with Crippen molar-refractivity contribution in [3.05, 3.63) is 28.2 Å². The molecule has 0 aromatic heterocycles. The number of benzene rings is 1. The lowest BCUT2D eigenvalue weighted by atomic mass is 9.97. The van der Waals surface area contributed by atoms with Crippen LogP contribution in [0.5, 0.6) is 0 Å². The van der Waals surface area contributed by atoms with Gasteiger partial charge in [0.15, 0.2) is 0 Å². The Kier molecular flexibility index (Phi) is 3.06. The number of carbonyl (C=O) groups is 2. The molecular formula is C13H14BrN3O2. The van der Waals surface area contributed by atoms with E-state index in [1.165, 1.54) is 0 Å². The summed E-state index contributed by atoms with van der Waals surface area (Å²) < 4.78 is 0.820. The first-order chi connectivity index (χ1) is 9.06. The van der Waals surface area contributed by atoms with E-state index in [0.29, 0.717) is 24.2 Å². The quantitative estimate of drug-likeness (QED) is 0.756. The predicted octanol–water partition coefficient (Wildman–Crippen LogP) is 1.33. The number of nitrogens with one attached hydrogen (secondary N) is 1. The molecular weight excluding hydrogens is 310 g/mol. The fourth-order valence-corrected chi connectivity index (χ4v) is 3.02. The van der Waals surface area contributed by atoms with Gasteiger partial charge in [-0.05, 0) is 31.0 Å². The maximum atomic E-state index is 12.5. The average Bonchev–Trinajstić information content (AvgIpc) is 2.48. The summed E-state index contributed by atoms with van der Waals surface area (Å²) in [6.07, 6.45) is 1.26. The van der Waals surface area contributed by atoms with Gasteiger partial charge < -0.3 is 16.0 Å². The van der Waals surface area contributed by atoms with Crippen LogP contribution in [0.25, 0.3) is 0 Å². The van der Waals surface area contributed by atoms with Crippen molar-refractivity contribution in [1.29, 1.82) is 0 Å². The maximum absolute atomic E-state index is 12.5. The summed E-state index contributed by atoms with van der Waals surface area (Å²) in [5.41, 5.74) is 7.00. The third-order valence-corrected chi connectivity index (χ3v) is 4.17. The van der Waals surface area contributed by atoms with Crippen molar-refractivity contribution in [3.63, 3.8) is 0 Å². The smallest absolute Gasteiger partial charge is 0.256 e. The van der Waals surface area contributed by atoms with Crippen molar-refractivity contribution in [1.82, 2.24) is 4.90 Å². The molecule has 2 atom stereocenters. The molecule has 2 heterocycles. The van der Waals surface area contributed by atoms with Crippen LogP contribution in [0, 0.1) is 0 Å². The molecule has 3 rings (SSSR count). The molecule has 5 nitrogen and oxygen atoms in total. The van der Waals surface area contributed by atoms with Gasteiger partial charge in [0.25, 0.3) is 5.91 Å². The van der Waals surface area contributed by atoms with Gasteiger partial charge in [-0.2, -0.15) is 0 Å². The molecule has 2 amide bonds. The van der Waals surface area contributed by atoms with Crippen LogP contribution in [0.2, 0.25) is 0 Å². The molecule has 0 unspecified atom stereocenters. The first-order valence-electron chi connectivity index (χ1n) is 6.23. The number of rotatable bonds is 0. The summed E-state index contributed by atoms with van der Waals surface area (Å²) in [5.74, 6) is -0.254. The van der Waals surface area contributed by atoms with Gasteiger partial charge >= 0.3 is 0 Å². The highest BCUT2D eigenvalue weighted by Crippen LogP contribution is 2.29. The van der Waals surface area contributed by atoms with Crippen molar-refractivity contribution in [2.24, 2.45) is 5.73 Å². The van der Waals surface area contributed by atoms with E-state index in [1.807, 2.05) is 6.07 Å². The number of halogens is 1. The summed E-state index contributed by atoms with van der Waals surface area (Å²) >= 11 is 3.35. The minimum atomic E-state index is -0.456. The fourth-order valence-electron chi connectivity index (χ4n) is 2.66. The Morgan fingerprint density at radius 1 is 1.37 bits per heavy atom. The van der Waals surface area contributed by atoms with Gasteiger partial charge in [0.1, 0.15) is 6.04 Å². The Hall–Kier alpha value is -1.40. The maximum Gasteiger partial charge on any atom is 0.256 e. The van der Waals surface area contributed by atoms with Crippen molar-refractivity contribution < 1.29 is 9.59 Å². The number of hydrogen-bond donors (Lipinski definition) is 2. The number of piperidine rings is 1. The zero-order valence-corrected chi connectivity index (χ0v) is 11.8. The van der Waals surface area contributed by atoms with Crippen molar-refractivity contribution in [2.45, 2.75) is 24.9 Å². The van der Waals surface area contributed by atoms with Crippen LogP contribution in [0.4, 0.5) is 5.69 Å². The number of hydrogen-bond acceptors (Lipinski definition) is 3.